The summed E-state index contributed by atoms with van der Waals surface area (Å²) < 4.78 is 31.8. The number of sulfonamides is 1. The molecule has 0 aliphatic rings. The molecule has 0 saturated carbocycles. The van der Waals surface area contributed by atoms with Crippen LogP contribution in [-0.4, -0.2) is 20.1 Å². The number of benzene rings is 1. The molecule has 6 heteroatoms. The molecule has 0 aliphatic heterocycles. The number of aliphatic hydroxyl groups is 1. The van der Waals surface area contributed by atoms with Crippen molar-refractivity contribution in [2.45, 2.75) is 17.9 Å². The van der Waals surface area contributed by atoms with Gasteiger partial charge in [0, 0.05) is 0 Å². The van der Waals surface area contributed by atoms with E-state index >= 15 is 0 Å². The lowest BCUT2D eigenvalue weighted by atomic mass is 10.2. The summed E-state index contributed by atoms with van der Waals surface area (Å²) in [6, 6.07) is 8.94. The molecule has 0 fully saturated rings. The summed E-state index contributed by atoms with van der Waals surface area (Å²) in [4.78, 5) is 0.156. The van der Waals surface area contributed by atoms with E-state index in [1.165, 1.54) is 18.4 Å². The van der Waals surface area contributed by atoms with Crippen LogP contribution in [0.3, 0.4) is 0 Å². The monoisotopic (exact) mass is 281 g/mol. The van der Waals surface area contributed by atoms with Crippen LogP contribution in [-0.2, 0) is 10.0 Å². The van der Waals surface area contributed by atoms with Gasteiger partial charge >= 0.3 is 0 Å². The van der Waals surface area contributed by atoms with Gasteiger partial charge in [-0.05, 0) is 31.2 Å². The average molecular weight is 281 g/mol. The highest BCUT2D eigenvalue weighted by molar-refractivity contribution is 7.89. The molecule has 2 aromatic rings. The lowest BCUT2D eigenvalue weighted by molar-refractivity contribution is 0.242. The van der Waals surface area contributed by atoms with Gasteiger partial charge in [-0.1, -0.05) is 17.7 Å². The van der Waals surface area contributed by atoms with Crippen LogP contribution in [0, 0.1) is 6.92 Å². The van der Waals surface area contributed by atoms with Crippen molar-refractivity contribution >= 4 is 10.0 Å². The van der Waals surface area contributed by atoms with Crippen LogP contribution in [0.5, 0.6) is 0 Å². The zero-order valence-corrected chi connectivity index (χ0v) is 11.2. The Hall–Kier alpha value is -1.63. The topological polar surface area (TPSA) is 79.5 Å². The summed E-state index contributed by atoms with van der Waals surface area (Å²) in [7, 11) is -3.68. The van der Waals surface area contributed by atoms with Gasteiger partial charge in [0.2, 0.25) is 10.0 Å². The smallest absolute Gasteiger partial charge is 0.241 e. The first-order chi connectivity index (χ1) is 9.03. The predicted molar refractivity (Wildman–Crippen MR) is 70.0 cm³/mol. The van der Waals surface area contributed by atoms with Gasteiger partial charge in [0.25, 0.3) is 0 Å². The molecule has 1 aromatic heterocycles. The molecular formula is C13H15NO4S. The first-order valence-corrected chi connectivity index (χ1v) is 7.24. The molecular weight excluding hydrogens is 266 g/mol. The Morgan fingerprint density at radius 2 is 1.95 bits per heavy atom. The second kappa shape index (κ2) is 5.56. The number of furan rings is 1. The molecule has 1 unspecified atom stereocenters. The number of aryl methyl sites for hydroxylation is 1. The zero-order valence-electron chi connectivity index (χ0n) is 10.4. The molecule has 19 heavy (non-hydrogen) atoms. The minimum Gasteiger partial charge on any atom is -0.468 e. The first-order valence-electron chi connectivity index (χ1n) is 5.76. The fraction of sp³-hybridized carbons (Fsp3) is 0.231. The number of nitrogens with one attached hydrogen (secondary N) is 1. The number of aliphatic hydroxyl groups excluding tert-OH is 1. The molecule has 1 heterocycles. The summed E-state index contributed by atoms with van der Waals surface area (Å²) in [6.45, 7) is 1.50. The third kappa shape index (κ3) is 3.23. The maximum absolute atomic E-state index is 12.1. The number of rotatable bonds is 5. The second-order valence-electron chi connectivity index (χ2n) is 4.18. The van der Waals surface area contributed by atoms with Crippen LogP contribution in [0.1, 0.15) is 17.4 Å². The number of hydrogen-bond donors (Lipinski definition) is 2. The van der Waals surface area contributed by atoms with Crippen molar-refractivity contribution in [1.82, 2.24) is 4.72 Å². The van der Waals surface area contributed by atoms with Gasteiger partial charge in [0.05, 0.1) is 17.8 Å². The van der Waals surface area contributed by atoms with Gasteiger partial charge in [0.1, 0.15) is 11.8 Å². The Bertz CT molecular complexity index is 617. The molecule has 0 spiro atoms. The minimum atomic E-state index is -3.68. The van der Waals surface area contributed by atoms with E-state index in [0.29, 0.717) is 5.76 Å². The van der Waals surface area contributed by atoms with Crippen molar-refractivity contribution in [3.05, 3.63) is 54.0 Å². The minimum absolute atomic E-state index is 0.156. The van der Waals surface area contributed by atoms with Crippen molar-refractivity contribution in [2.75, 3.05) is 6.61 Å². The van der Waals surface area contributed by atoms with Crippen molar-refractivity contribution in [1.29, 1.82) is 0 Å². The fourth-order valence-corrected chi connectivity index (χ4v) is 2.84. The molecule has 1 aromatic carbocycles. The normalized spacial score (nSPS) is 13.4. The van der Waals surface area contributed by atoms with Crippen LogP contribution in [0.2, 0.25) is 0 Å². The summed E-state index contributed by atoms with van der Waals surface area (Å²) in [5, 5.41) is 9.27. The van der Waals surface area contributed by atoms with Crippen LogP contribution in [0.4, 0.5) is 0 Å². The summed E-state index contributed by atoms with van der Waals surface area (Å²) in [5.74, 6) is 0.373. The van der Waals surface area contributed by atoms with Crippen LogP contribution >= 0.6 is 0 Å². The fourth-order valence-electron chi connectivity index (χ4n) is 1.65. The Morgan fingerprint density at radius 3 is 2.47 bits per heavy atom. The Kier molecular flexibility index (Phi) is 4.04. The van der Waals surface area contributed by atoms with E-state index in [2.05, 4.69) is 4.72 Å². The van der Waals surface area contributed by atoms with E-state index < -0.39 is 16.1 Å². The van der Waals surface area contributed by atoms with Crippen molar-refractivity contribution in [3.63, 3.8) is 0 Å². The van der Waals surface area contributed by atoms with E-state index in [1.807, 2.05) is 6.92 Å². The predicted octanol–water partition coefficient (Wildman–Crippen LogP) is 1.60. The standard InChI is InChI=1S/C13H15NO4S/c1-10-4-6-11(7-5-10)19(16,17)14-12(9-15)13-3-2-8-18-13/h2-8,12,14-15H,9H2,1H3. The largest absolute Gasteiger partial charge is 0.468 e. The zero-order chi connectivity index (χ0) is 13.9. The van der Waals surface area contributed by atoms with E-state index in [0.717, 1.165) is 5.56 Å². The molecule has 0 saturated heterocycles. The van der Waals surface area contributed by atoms with E-state index in [1.54, 1.807) is 24.3 Å². The van der Waals surface area contributed by atoms with Crippen molar-refractivity contribution < 1.29 is 17.9 Å². The second-order valence-corrected chi connectivity index (χ2v) is 5.90. The van der Waals surface area contributed by atoms with Crippen molar-refractivity contribution in [3.8, 4) is 0 Å². The average Bonchev–Trinajstić information content (AvgIpc) is 2.90. The Morgan fingerprint density at radius 1 is 1.26 bits per heavy atom. The van der Waals surface area contributed by atoms with Gasteiger partial charge in [-0.2, -0.15) is 4.72 Å². The van der Waals surface area contributed by atoms with Gasteiger partial charge in [0.15, 0.2) is 0 Å². The highest BCUT2D eigenvalue weighted by Crippen LogP contribution is 2.17. The molecule has 0 radical (unpaired) electrons. The lowest BCUT2D eigenvalue weighted by Gasteiger charge is -2.14. The van der Waals surface area contributed by atoms with Crippen molar-refractivity contribution in [2.24, 2.45) is 0 Å². The van der Waals surface area contributed by atoms with Crippen LogP contribution in [0.15, 0.2) is 52.0 Å². The summed E-state index contributed by atoms with van der Waals surface area (Å²) >= 11 is 0. The highest BCUT2D eigenvalue weighted by atomic mass is 32.2. The Balaban J connectivity index is 2.23. The maximum atomic E-state index is 12.1. The number of hydrogen-bond acceptors (Lipinski definition) is 4. The summed E-state index contributed by atoms with van der Waals surface area (Å²) in [6.07, 6.45) is 1.43. The quantitative estimate of drug-likeness (QED) is 0.872. The SMILES string of the molecule is Cc1ccc(S(=O)(=O)NC(CO)c2ccco2)cc1. The van der Waals surface area contributed by atoms with Gasteiger partial charge in [-0.15, -0.1) is 0 Å². The molecule has 0 bridgehead atoms. The van der Waals surface area contributed by atoms with E-state index in [9.17, 15) is 13.5 Å². The maximum Gasteiger partial charge on any atom is 0.241 e. The Labute approximate surface area is 111 Å². The van der Waals surface area contributed by atoms with E-state index in [4.69, 9.17) is 4.42 Å². The third-order valence-corrected chi connectivity index (χ3v) is 4.19. The van der Waals surface area contributed by atoms with Gasteiger partial charge in [-0.3, -0.25) is 0 Å². The first kappa shape index (κ1) is 13.8. The highest BCUT2D eigenvalue weighted by Gasteiger charge is 2.22. The van der Waals surface area contributed by atoms with Crippen LogP contribution in [0.25, 0.3) is 0 Å². The molecule has 2 rings (SSSR count). The molecule has 0 amide bonds. The molecule has 2 N–H and O–H groups in total. The lowest BCUT2D eigenvalue weighted by Crippen LogP contribution is -2.30. The van der Waals surface area contributed by atoms with Gasteiger partial charge in [-0.25, -0.2) is 8.42 Å². The molecule has 0 aliphatic carbocycles. The summed E-state index contributed by atoms with van der Waals surface area (Å²) in [5.41, 5.74) is 0.976. The van der Waals surface area contributed by atoms with Gasteiger partial charge < -0.3 is 9.52 Å². The molecule has 1 atom stereocenters. The van der Waals surface area contributed by atoms with Crippen LogP contribution < -0.4 is 4.72 Å². The molecule has 5 nitrogen and oxygen atoms in total. The third-order valence-electron chi connectivity index (χ3n) is 2.70. The van der Waals surface area contributed by atoms with E-state index in [-0.39, 0.29) is 11.5 Å². The molecule has 102 valence electrons.